The Morgan fingerprint density at radius 1 is 1.13 bits per heavy atom. The highest BCUT2D eigenvalue weighted by Crippen LogP contribution is 2.43. The number of benzene rings is 1. The summed E-state index contributed by atoms with van der Waals surface area (Å²) in [4.78, 5) is 26.2. The van der Waals surface area contributed by atoms with Crippen molar-refractivity contribution in [1.29, 1.82) is 0 Å². The summed E-state index contributed by atoms with van der Waals surface area (Å²) in [5.74, 6) is -0.327. The fourth-order valence-corrected chi connectivity index (χ4v) is 3.73. The van der Waals surface area contributed by atoms with Crippen molar-refractivity contribution in [2.45, 2.75) is 18.3 Å². The van der Waals surface area contributed by atoms with Crippen molar-refractivity contribution < 1.29 is 9.59 Å². The molecule has 3 N–H and O–H groups in total. The Bertz CT molecular complexity index is 645. The Morgan fingerprint density at radius 2 is 1.91 bits per heavy atom. The first-order valence-electron chi connectivity index (χ1n) is 7.87. The number of imide groups is 1. The highest BCUT2D eigenvalue weighted by Gasteiger charge is 2.48. The van der Waals surface area contributed by atoms with Crippen LogP contribution in [-0.2, 0) is 15.0 Å². The molecule has 2 fully saturated rings. The summed E-state index contributed by atoms with van der Waals surface area (Å²) in [5.41, 5.74) is 2.67. The first-order chi connectivity index (χ1) is 10.7. The molecule has 1 aromatic carbocycles. The van der Waals surface area contributed by atoms with E-state index in [2.05, 4.69) is 39.0 Å². The highest BCUT2D eigenvalue weighted by atomic mass is 35.5. The minimum atomic E-state index is -0.578. The molecule has 0 radical (unpaired) electrons. The third-order valence-electron chi connectivity index (χ3n) is 5.05. The minimum absolute atomic E-state index is 0. The van der Waals surface area contributed by atoms with Gasteiger partial charge in [0.1, 0.15) is 0 Å². The van der Waals surface area contributed by atoms with Crippen LogP contribution < -0.4 is 20.9 Å². The van der Waals surface area contributed by atoms with Crippen LogP contribution in [0.3, 0.4) is 0 Å². The molecular formula is C16H21ClN4O2. The largest absolute Gasteiger partial charge is 0.383 e. The maximum atomic E-state index is 12.4. The number of carbonyl (C=O) groups is 2. The van der Waals surface area contributed by atoms with Crippen LogP contribution in [0.15, 0.2) is 18.2 Å². The van der Waals surface area contributed by atoms with Crippen LogP contribution in [0.4, 0.5) is 11.4 Å². The lowest BCUT2D eigenvalue weighted by Gasteiger charge is -2.32. The second-order valence-corrected chi connectivity index (χ2v) is 6.28. The van der Waals surface area contributed by atoms with Crippen LogP contribution >= 0.6 is 12.4 Å². The summed E-state index contributed by atoms with van der Waals surface area (Å²) in [6.45, 7) is 4.57. The lowest BCUT2D eigenvalue weighted by Crippen LogP contribution is -2.52. The number of halogens is 1. The van der Waals surface area contributed by atoms with Gasteiger partial charge in [-0.15, -0.1) is 12.4 Å². The van der Waals surface area contributed by atoms with Crippen molar-refractivity contribution in [1.82, 2.24) is 10.6 Å². The Hall–Kier alpha value is -1.79. The predicted molar refractivity (Wildman–Crippen MR) is 91.3 cm³/mol. The molecule has 1 aromatic rings. The number of fused-ring (bicyclic) bond motifs is 2. The number of nitrogens with zero attached hydrogens (tertiary/aromatic N) is 1. The Labute approximate surface area is 141 Å². The average molecular weight is 337 g/mol. The van der Waals surface area contributed by atoms with Gasteiger partial charge in [0.05, 0.1) is 5.41 Å². The highest BCUT2D eigenvalue weighted by molar-refractivity contribution is 6.05. The average Bonchev–Trinajstić information content (AvgIpc) is 2.91. The molecule has 6 nitrogen and oxygen atoms in total. The van der Waals surface area contributed by atoms with E-state index in [0.29, 0.717) is 19.4 Å². The summed E-state index contributed by atoms with van der Waals surface area (Å²) < 4.78 is 0. The predicted octanol–water partition coefficient (Wildman–Crippen LogP) is 0.618. The number of piperazine rings is 1. The summed E-state index contributed by atoms with van der Waals surface area (Å²) in [7, 11) is 0. The number of carbonyl (C=O) groups excluding carboxylic acids is 2. The molecule has 0 bridgehead atoms. The molecule has 3 heterocycles. The van der Waals surface area contributed by atoms with Gasteiger partial charge >= 0.3 is 0 Å². The molecule has 1 spiro atoms. The molecule has 7 heteroatoms. The molecule has 0 aromatic heterocycles. The molecule has 3 aliphatic heterocycles. The van der Waals surface area contributed by atoms with Gasteiger partial charge in [-0.1, -0.05) is 6.07 Å². The third-order valence-corrected chi connectivity index (χ3v) is 5.05. The maximum absolute atomic E-state index is 12.4. The first kappa shape index (κ1) is 16.1. The van der Waals surface area contributed by atoms with E-state index >= 15 is 0 Å². The van der Waals surface area contributed by atoms with E-state index < -0.39 is 5.41 Å². The third kappa shape index (κ3) is 2.56. The molecule has 0 aliphatic carbocycles. The molecular weight excluding hydrogens is 316 g/mol. The fourth-order valence-electron chi connectivity index (χ4n) is 3.73. The van der Waals surface area contributed by atoms with Gasteiger partial charge in [-0.25, -0.2) is 0 Å². The Kier molecular flexibility index (Phi) is 4.21. The quantitative estimate of drug-likeness (QED) is 0.656. The molecule has 4 rings (SSSR count). The van der Waals surface area contributed by atoms with Crippen LogP contribution in [0.25, 0.3) is 0 Å². The molecule has 23 heavy (non-hydrogen) atoms. The van der Waals surface area contributed by atoms with Crippen molar-refractivity contribution in [2.75, 3.05) is 42.9 Å². The molecule has 124 valence electrons. The van der Waals surface area contributed by atoms with Gasteiger partial charge in [0.15, 0.2) is 0 Å². The van der Waals surface area contributed by atoms with Gasteiger partial charge in [0.2, 0.25) is 11.8 Å². The van der Waals surface area contributed by atoms with Gasteiger partial charge < -0.3 is 15.5 Å². The van der Waals surface area contributed by atoms with E-state index in [9.17, 15) is 9.59 Å². The van der Waals surface area contributed by atoms with E-state index in [1.807, 2.05) is 0 Å². The number of hydrogen-bond donors (Lipinski definition) is 3. The van der Waals surface area contributed by atoms with Crippen LogP contribution in [0.5, 0.6) is 0 Å². The number of piperidine rings is 1. The maximum Gasteiger partial charge on any atom is 0.239 e. The van der Waals surface area contributed by atoms with Crippen molar-refractivity contribution in [2.24, 2.45) is 0 Å². The van der Waals surface area contributed by atoms with Gasteiger partial charge in [-0.3, -0.25) is 14.9 Å². The van der Waals surface area contributed by atoms with Crippen LogP contribution in [-0.4, -0.2) is 44.5 Å². The normalized spacial score (nSPS) is 26.3. The molecule has 0 saturated carbocycles. The summed E-state index contributed by atoms with van der Waals surface area (Å²) in [5, 5.41) is 9.22. The second kappa shape index (κ2) is 6.02. The summed E-state index contributed by atoms with van der Waals surface area (Å²) in [6.07, 6.45) is 0.997. The van der Waals surface area contributed by atoms with E-state index in [0.717, 1.165) is 37.4 Å². The van der Waals surface area contributed by atoms with Gasteiger partial charge in [0.25, 0.3) is 0 Å². The number of rotatable bonds is 1. The molecule has 1 atom stereocenters. The first-order valence-corrected chi connectivity index (χ1v) is 7.87. The molecule has 2 saturated heterocycles. The number of anilines is 2. The Balaban J connectivity index is 0.00000156. The molecule has 3 aliphatic rings. The summed E-state index contributed by atoms with van der Waals surface area (Å²) >= 11 is 0. The Morgan fingerprint density at radius 3 is 2.65 bits per heavy atom. The van der Waals surface area contributed by atoms with E-state index in [4.69, 9.17) is 0 Å². The SMILES string of the molecule is Cl.O=C1CCC2(CNc3cc(N4CCNCC4)ccc32)C(=O)N1. The monoisotopic (exact) mass is 336 g/mol. The van der Waals surface area contributed by atoms with E-state index in [1.165, 1.54) is 5.69 Å². The van der Waals surface area contributed by atoms with Crippen LogP contribution in [0.1, 0.15) is 18.4 Å². The van der Waals surface area contributed by atoms with Crippen LogP contribution in [0, 0.1) is 0 Å². The zero-order valence-electron chi connectivity index (χ0n) is 12.9. The zero-order valence-corrected chi connectivity index (χ0v) is 13.7. The van der Waals surface area contributed by atoms with E-state index in [-0.39, 0.29) is 24.2 Å². The van der Waals surface area contributed by atoms with Gasteiger partial charge in [-0.05, 0) is 24.1 Å². The number of nitrogens with one attached hydrogen (secondary N) is 3. The van der Waals surface area contributed by atoms with Crippen molar-refractivity contribution >= 4 is 35.6 Å². The second-order valence-electron chi connectivity index (χ2n) is 6.28. The number of amides is 2. The van der Waals surface area contributed by atoms with Crippen molar-refractivity contribution in [3.05, 3.63) is 23.8 Å². The standard InChI is InChI=1S/C16H20N4O2.ClH/c21-14-3-4-16(15(22)19-14)10-18-13-9-11(1-2-12(13)16)20-7-5-17-6-8-20;/h1-2,9,17-18H,3-8,10H2,(H,19,21,22);1H. The lowest BCUT2D eigenvalue weighted by atomic mass is 9.75. The van der Waals surface area contributed by atoms with Gasteiger partial charge in [0, 0.05) is 50.5 Å². The van der Waals surface area contributed by atoms with Crippen molar-refractivity contribution in [3.8, 4) is 0 Å². The smallest absolute Gasteiger partial charge is 0.239 e. The molecule has 1 unspecified atom stereocenters. The van der Waals surface area contributed by atoms with Crippen LogP contribution in [0.2, 0.25) is 0 Å². The van der Waals surface area contributed by atoms with Gasteiger partial charge in [-0.2, -0.15) is 0 Å². The van der Waals surface area contributed by atoms with E-state index in [1.54, 1.807) is 0 Å². The van der Waals surface area contributed by atoms with Crippen molar-refractivity contribution in [3.63, 3.8) is 0 Å². The molecule has 2 amide bonds. The zero-order chi connectivity index (χ0) is 15.2. The lowest BCUT2D eigenvalue weighted by molar-refractivity contribution is -0.137. The number of hydrogen-bond acceptors (Lipinski definition) is 5. The minimum Gasteiger partial charge on any atom is -0.383 e. The summed E-state index contributed by atoms with van der Waals surface area (Å²) in [6, 6.07) is 6.30. The topological polar surface area (TPSA) is 73.5 Å². The fraction of sp³-hybridized carbons (Fsp3) is 0.500.